The fourth-order valence-electron chi connectivity index (χ4n) is 3.69. The van der Waals surface area contributed by atoms with Crippen LogP contribution < -0.4 is 5.32 Å². The van der Waals surface area contributed by atoms with Crippen LogP contribution in [0.25, 0.3) is 0 Å². The van der Waals surface area contributed by atoms with E-state index in [2.05, 4.69) is 29.0 Å². The second-order valence-corrected chi connectivity index (χ2v) is 6.19. The number of nitrogens with zero attached hydrogens (tertiary/aromatic N) is 2. The summed E-state index contributed by atoms with van der Waals surface area (Å²) in [5.74, 6) is 0.358. The minimum atomic E-state index is 0.358. The van der Waals surface area contributed by atoms with Gasteiger partial charge < -0.3 is 10.2 Å². The molecular weight excluding hydrogens is 250 g/mol. The quantitative estimate of drug-likeness (QED) is 0.835. The molecule has 1 N–H and O–H groups in total. The van der Waals surface area contributed by atoms with Gasteiger partial charge in [0.2, 0.25) is 5.91 Å². The highest BCUT2D eigenvalue weighted by atomic mass is 16.2. The van der Waals surface area contributed by atoms with Crippen molar-refractivity contribution in [2.24, 2.45) is 0 Å². The number of likely N-dealkylation sites (tertiary alicyclic amines) is 1. The monoisotopic (exact) mass is 281 g/mol. The highest BCUT2D eigenvalue weighted by Gasteiger charge is 2.28. The number of piperidine rings is 2. The first kappa shape index (κ1) is 15.8. The van der Waals surface area contributed by atoms with Crippen LogP contribution in [-0.4, -0.2) is 60.5 Å². The zero-order valence-electron chi connectivity index (χ0n) is 13.2. The second kappa shape index (κ2) is 7.99. The Morgan fingerprint density at radius 2 is 1.95 bits per heavy atom. The summed E-state index contributed by atoms with van der Waals surface area (Å²) in [4.78, 5) is 17.2. The van der Waals surface area contributed by atoms with Gasteiger partial charge in [-0.3, -0.25) is 9.69 Å². The molecule has 0 aromatic heterocycles. The van der Waals surface area contributed by atoms with E-state index in [1.165, 1.54) is 32.1 Å². The van der Waals surface area contributed by atoms with Crippen molar-refractivity contribution in [3.8, 4) is 0 Å². The highest BCUT2D eigenvalue weighted by molar-refractivity contribution is 5.78. The molecule has 2 saturated heterocycles. The Morgan fingerprint density at radius 1 is 1.20 bits per heavy atom. The lowest BCUT2D eigenvalue weighted by Crippen LogP contribution is -2.51. The minimum Gasteiger partial charge on any atom is -0.339 e. The smallest absolute Gasteiger partial charge is 0.237 e. The Kier molecular flexibility index (Phi) is 6.30. The topological polar surface area (TPSA) is 35.6 Å². The average Bonchev–Trinajstić information content (AvgIpc) is 2.53. The molecule has 0 aromatic rings. The fraction of sp³-hybridized carbons (Fsp3) is 0.938. The molecule has 20 heavy (non-hydrogen) atoms. The summed E-state index contributed by atoms with van der Waals surface area (Å²) in [7, 11) is 0. The molecular formula is C16H31N3O. The minimum absolute atomic E-state index is 0.358. The Morgan fingerprint density at radius 3 is 2.60 bits per heavy atom. The van der Waals surface area contributed by atoms with Crippen LogP contribution in [0.5, 0.6) is 0 Å². The number of carbonyl (C=O) groups excluding carboxylic acids is 1. The van der Waals surface area contributed by atoms with E-state index in [0.717, 1.165) is 32.6 Å². The van der Waals surface area contributed by atoms with Gasteiger partial charge in [0, 0.05) is 18.6 Å². The van der Waals surface area contributed by atoms with Gasteiger partial charge in [-0.1, -0.05) is 13.8 Å². The summed E-state index contributed by atoms with van der Waals surface area (Å²) in [5, 5.41) is 3.40. The molecule has 0 saturated carbocycles. The van der Waals surface area contributed by atoms with Gasteiger partial charge in [0.05, 0.1) is 6.54 Å². The number of hydrogen-bond acceptors (Lipinski definition) is 3. The van der Waals surface area contributed by atoms with Crippen molar-refractivity contribution in [3.05, 3.63) is 0 Å². The molecule has 0 bridgehead atoms. The molecule has 0 radical (unpaired) electrons. The zero-order valence-corrected chi connectivity index (χ0v) is 13.2. The zero-order chi connectivity index (χ0) is 14.4. The summed E-state index contributed by atoms with van der Waals surface area (Å²) >= 11 is 0. The molecule has 2 aliphatic rings. The first-order valence-corrected chi connectivity index (χ1v) is 8.50. The highest BCUT2D eigenvalue weighted by Crippen LogP contribution is 2.20. The van der Waals surface area contributed by atoms with Crippen LogP contribution >= 0.6 is 0 Å². The van der Waals surface area contributed by atoms with E-state index in [9.17, 15) is 4.79 Å². The predicted molar refractivity (Wildman–Crippen MR) is 82.8 cm³/mol. The van der Waals surface area contributed by atoms with Crippen LogP contribution in [-0.2, 0) is 4.79 Å². The van der Waals surface area contributed by atoms with Gasteiger partial charge in [-0.2, -0.15) is 0 Å². The average molecular weight is 281 g/mol. The summed E-state index contributed by atoms with van der Waals surface area (Å²) in [5.41, 5.74) is 0. The van der Waals surface area contributed by atoms with E-state index < -0.39 is 0 Å². The Balaban J connectivity index is 1.90. The van der Waals surface area contributed by atoms with E-state index >= 15 is 0 Å². The summed E-state index contributed by atoms with van der Waals surface area (Å²) in [6.07, 6.45) is 7.12. The molecule has 0 aromatic carbocycles. The maximum absolute atomic E-state index is 12.6. The standard InChI is InChI=1S/C16H31N3O/c1-3-14-7-5-6-12-19(14)16(20)13-18(4-2)15-8-10-17-11-9-15/h14-15,17H,3-13H2,1-2H3. The summed E-state index contributed by atoms with van der Waals surface area (Å²) < 4.78 is 0. The lowest BCUT2D eigenvalue weighted by atomic mass is 9.99. The molecule has 0 spiro atoms. The van der Waals surface area contributed by atoms with E-state index in [1.807, 2.05) is 0 Å². The number of carbonyl (C=O) groups is 1. The first-order chi connectivity index (χ1) is 9.76. The number of rotatable bonds is 5. The van der Waals surface area contributed by atoms with Crippen molar-refractivity contribution in [1.29, 1.82) is 0 Å². The van der Waals surface area contributed by atoms with Gasteiger partial charge in [0.25, 0.3) is 0 Å². The molecule has 116 valence electrons. The van der Waals surface area contributed by atoms with Gasteiger partial charge in [-0.15, -0.1) is 0 Å². The van der Waals surface area contributed by atoms with E-state index in [4.69, 9.17) is 0 Å². The molecule has 2 rings (SSSR count). The lowest BCUT2D eigenvalue weighted by Gasteiger charge is -2.39. The van der Waals surface area contributed by atoms with Crippen LogP contribution in [0, 0.1) is 0 Å². The second-order valence-electron chi connectivity index (χ2n) is 6.19. The lowest BCUT2D eigenvalue weighted by molar-refractivity contribution is -0.136. The fourth-order valence-corrected chi connectivity index (χ4v) is 3.69. The van der Waals surface area contributed by atoms with Gasteiger partial charge >= 0.3 is 0 Å². The Hall–Kier alpha value is -0.610. The maximum atomic E-state index is 12.6. The molecule has 2 heterocycles. The van der Waals surface area contributed by atoms with Gasteiger partial charge in [0.1, 0.15) is 0 Å². The third kappa shape index (κ3) is 3.95. The third-order valence-electron chi connectivity index (χ3n) is 4.99. The SMILES string of the molecule is CCC1CCCCN1C(=O)CN(CC)C1CCNCC1. The van der Waals surface area contributed by atoms with Gasteiger partial charge in [0.15, 0.2) is 0 Å². The van der Waals surface area contributed by atoms with Crippen LogP contribution in [0.2, 0.25) is 0 Å². The van der Waals surface area contributed by atoms with Gasteiger partial charge in [-0.25, -0.2) is 0 Å². The van der Waals surface area contributed by atoms with Crippen molar-refractivity contribution < 1.29 is 4.79 Å². The molecule has 4 heteroatoms. The van der Waals surface area contributed by atoms with E-state index in [1.54, 1.807) is 0 Å². The number of likely N-dealkylation sites (N-methyl/N-ethyl adjacent to an activating group) is 1. The molecule has 4 nitrogen and oxygen atoms in total. The van der Waals surface area contributed by atoms with E-state index in [-0.39, 0.29) is 0 Å². The van der Waals surface area contributed by atoms with Crippen LogP contribution in [0.4, 0.5) is 0 Å². The third-order valence-corrected chi connectivity index (χ3v) is 4.99. The molecule has 2 fully saturated rings. The molecule has 1 atom stereocenters. The largest absolute Gasteiger partial charge is 0.339 e. The molecule has 1 unspecified atom stereocenters. The van der Waals surface area contributed by atoms with Crippen LogP contribution in [0.3, 0.4) is 0 Å². The van der Waals surface area contributed by atoms with Crippen molar-refractivity contribution in [2.45, 2.75) is 64.5 Å². The summed E-state index contributed by atoms with van der Waals surface area (Å²) in [6, 6.07) is 1.08. The van der Waals surface area contributed by atoms with Crippen LogP contribution in [0.1, 0.15) is 52.4 Å². The Bertz CT molecular complexity index is 302. The Labute approximate surface area is 123 Å². The summed E-state index contributed by atoms with van der Waals surface area (Å²) in [6.45, 7) is 9.16. The van der Waals surface area contributed by atoms with Crippen molar-refractivity contribution >= 4 is 5.91 Å². The van der Waals surface area contributed by atoms with Gasteiger partial charge in [-0.05, 0) is 58.2 Å². The maximum Gasteiger partial charge on any atom is 0.237 e. The van der Waals surface area contributed by atoms with Crippen molar-refractivity contribution in [1.82, 2.24) is 15.1 Å². The van der Waals surface area contributed by atoms with Crippen molar-refractivity contribution in [3.63, 3.8) is 0 Å². The van der Waals surface area contributed by atoms with Crippen LogP contribution in [0.15, 0.2) is 0 Å². The number of nitrogens with one attached hydrogen (secondary N) is 1. The van der Waals surface area contributed by atoms with E-state index in [0.29, 0.717) is 24.5 Å². The normalized spacial score (nSPS) is 25.1. The van der Waals surface area contributed by atoms with Crippen molar-refractivity contribution in [2.75, 3.05) is 32.7 Å². The predicted octanol–water partition coefficient (Wildman–Crippen LogP) is 1.85. The molecule has 2 aliphatic heterocycles. The number of hydrogen-bond donors (Lipinski definition) is 1. The molecule has 1 amide bonds. The number of amides is 1. The first-order valence-electron chi connectivity index (χ1n) is 8.50. The molecule has 0 aliphatic carbocycles.